The van der Waals surface area contributed by atoms with Gasteiger partial charge in [-0.25, -0.2) is 4.39 Å². The van der Waals surface area contributed by atoms with E-state index in [0.717, 1.165) is 22.8 Å². The molecule has 0 unspecified atom stereocenters. The molecule has 0 fully saturated rings. The third-order valence-electron chi connectivity index (χ3n) is 3.74. The third kappa shape index (κ3) is 4.47. The molecular weight excluding hydrogens is 321 g/mol. The van der Waals surface area contributed by atoms with Gasteiger partial charge < -0.3 is 14.5 Å². The van der Waals surface area contributed by atoms with Crippen LogP contribution in [0.1, 0.15) is 12.2 Å². The molecule has 1 amide bonds. The Kier molecular flexibility index (Phi) is 5.14. The largest absolute Gasteiger partial charge is 0.497 e. The van der Waals surface area contributed by atoms with Gasteiger partial charge in [-0.2, -0.15) is 0 Å². The standard InChI is InChI=1S/C20H18FNO3/c1-24-17-7-5-14(6-8-17)19-11-9-18(25-19)10-12-20(23)22-16-4-2-3-15(21)13-16/h2-9,11,13H,10,12H2,1H3,(H,22,23). The number of rotatable bonds is 6. The highest BCUT2D eigenvalue weighted by Gasteiger charge is 2.08. The second kappa shape index (κ2) is 7.66. The number of ether oxygens (including phenoxy) is 1. The van der Waals surface area contributed by atoms with Gasteiger partial charge in [0.1, 0.15) is 23.1 Å². The number of methoxy groups -OCH3 is 1. The number of benzene rings is 2. The average Bonchev–Trinajstić information content (AvgIpc) is 3.09. The van der Waals surface area contributed by atoms with Crippen molar-refractivity contribution in [1.29, 1.82) is 0 Å². The zero-order valence-corrected chi connectivity index (χ0v) is 13.8. The van der Waals surface area contributed by atoms with Crippen LogP contribution in [0.3, 0.4) is 0 Å². The highest BCUT2D eigenvalue weighted by Crippen LogP contribution is 2.25. The number of carbonyl (C=O) groups excluding carboxylic acids is 1. The predicted octanol–water partition coefficient (Wildman–Crippen LogP) is 4.67. The van der Waals surface area contributed by atoms with Crippen LogP contribution in [0.25, 0.3) is 11.3 Å². The summed E-state index contributed by atoms with van der Waals surface area (Å²) in [6.07, 6.45) is 0.726. The highest BCUT2D eigenvalue weighted by molar-refractivity contribution is 5.90. The van der Waals surface area contributed by atoms with Crippen LogP contribution in [0.15, 0.2) is 65.1 Å². The molecule has 1 N–H and O–H groups in total. The van der Waals surface area contributed by atoms with Crippen molar-refractivity contribution in [1.82, 2.24) is 0 Å². The summed E-state index contributed by atoms with van der Waals surface area (Å²) in [5.74, 6) is 1.67. The number of nitrogens with one attached hydrogen (secondary N) is 1. The first-order valence-corrected chi connectivity index (χ1v) is 7.92. The zero-order valence-electron chi connectivity index (χ0n) is 13.8. The van der Waals surface area contributed by atoms with E-state index in [4.69, 9.17) is 9.15 Å². The van der Waals surface area contributed by atoms with E-state index in [1.54, 1.807) is 19.2 Å². The first-order valence-electron chi connectivity index (χ1n) is 7.92. The Morgan fingerprint density at radius 2 is 1.92 bits per heavy atom. The van der Waals surface area contributed by atoms with Crippen molar-refractivity contribution < 1.29 is 18.3 Å². The second-order valence-electron chi connectivity index (χ2n) is 5.55. The summed E-state index contributed by atoms with van der Waals surface area (Å²) in [5, 5.41) is 2.67. The number of hydrogen-bond donors (Lipinski definition) is 1. The molecule has 5 heteroatoms. The summed E-state index contributed by atoms with van der Waals surface area (Å²) in [4.78, 5) is 12.0. The lowest BCUT2D eigenvalue weighted by Crippen LogP contribution is -2.12. The van der Waals surface area contributed by atoms with E-state index in [2.05, 4.69) is 5.32 Å². The molecule has 1 heterocycles. The quantitative estimate of drug-likeness (QED) is 0.710. The predicted molar refractivity (Wildman–Crippen MR) is 94.0 cm³/mol. The van der Waals surface area contributed by atoms with E-state index in [1.807, 2.05) is 36.4 Å². The number of anilines is 1. The maximum absolute atomic E-state index is 13.1. The van der Waals surface area contributed by atoms with E-state index in [-0.39, 0.29) is 18.1 Å². The SMILES string of the molecule is COc1ccc(-c2ccc(CCC(=O)Nc3cccc(F)c3)o2)cc1. The van der Waals surface area contributed by atoms with Crippen LogP contribution in [-0.2, 0) is 11.2 Å². The summed E-state index contributed by atoms with van der Waals surface area (Å²) < 4.78 is 24.0. The Hall–Kier alpha value is -3.08. The summed E-state index contributed by atoms with van der Waals surface area (Å²) in [6, 6.07) is 17.1. The molecule has 4 nitrogen and oxygen atoms in total. The smallest absolute Gasteiger partial charge is 0.224 e. The fourth-order valence-corrected chi connectivity index (χ4v) is 2.45. The van der Waals surface area contributed by atoms with E-state index >= 15 is 0 Å². The molecule has 0 atom stereocenters. The molecule has 0 bridgehead atoms. The van der Waals surface area contributed by atoms with E-state index in [0.29, 0.717) is 12.1 Å². The van der Waals surface area contributed by atoms with Gasteiger partial charge in [-0.05, 0) is 54.6 Å². The van der Waals surface area contributed by atoms with Gasteiger partial charge in [0.2, 0.25) is 5.91 Å². The molecule has 3 rings (SSSR count). The highest BCUT2D eigenvalue weighted by atomic mass is 19.1. The molecule has 3 aromatic rings. The first-order chi connectivity index (χ1) is 12.1. The Morgan fingerprint density at radius 3 is 2.64 bits per heavy atom. The number of hydrogen-bond acceptors (Lipinski definition) is 3. The van der Waals surface area contributed by atoms with Gasteiger partial charge in [0.25, 0.3) is 0 Å². The van der Waals surface area contributed by atoms with Crippen molar-refractivity contribution in [2.45, 2.75) is 12.8 Å². The molecule has 0 radical (unpaired) electrons. The molecule has 0 aliphatic rings. The Labute approximate surface area is 145 Å². The van der Waals surface area contributed by atoms with Crippen LogP contribution >= 0.6 is 0 Å². The normalized spacial score (nSPS) is 10.5. The van der Waals surface area contributed by atoms with Gasteiger partial charge in [0, 0.05) is 24.1 Å². The lowest BCUT2D eigenvalue weighted by Gasteiger charge is -2.04. The van der Waals surface area contributed by atoms with Gasteiger partial charge in [-0.3, -0.25) is 4.79 Å². The van der Waals surface area contributed by atoms with Crippen molar-refractivity contribution in [3.63, 3.8) is 0 Å². The molecule has 1 aromatic heterocycles. The minimum atomic E-state index is -0.382. The zero-order chi connectivity index (χ0) is 17.6. The molecule has 0 aliphatic carbocycles. The van der Waals surface area contributed by atoms with E-state index < -0.39 is 0 Å². The summed E-state index contributed by atoms with van der Waals surface area (Å²) >= 11 is 0. The molecule has 0 aliphatic heterocycles. The summed E-state index contributed by atoms with van der Waals surface area (Å²) in [6.45, 7) is 0. The minimum absolute atomic E-state index is 0.187. The molecule has 0 saturated carbocycles. The van der Waals surface area contributed by atoms with Gasteiger partial charge in [0.15, 0.2) is 0 Å². The lowest BCUT2D eigenvalue weighted by molar-refractivity contribution is -0.116. The Balaban J connectivity index is 1.56. The van der Waals surface area contributed by atoms with E-state index in [1.165, 1.54) is 12.1 Å². The van der Waals surface area contributed by atoms with Crippen LogP contribution in [0, 0.1) is 5.82 Å². The average molecular weight is 339 g/mol. The minimum Gasteiger partial charge on any atom is -0.497 e. The van der Waals surface area contributed by atoms with Crippen LogP contribution in [0.5, 0.6) is 5.75 Å². The van der Waals surface area contributed by atoms with Crippen LogP contribution in [0.4, 0.5) is 10.1 Å². The van der Waals surface area contributed by atoms with E-state index in [9.17, 15) is 9.18 Å². The number of halogens is 1. The molecule has 0 spiro atoms. The number of carbonyl (C=O) groups is 1. The number of aryl methyl sites for hydroxylation is 1. The van der Waals surface area contributed by atoms with Gasteiger partial charge in [-0.1, -0.05) is 6.07 Å². The second-order valence-corrected chi connectivity index (χ2v) is 5.55. The van der Waals surface area contributed by atoms with Gasteiger partial charge in [0.05, 0.1) is 7.11 Å². The summed E-state index contributed by atoms with van der Waals surface area (Å²) in [5.41, 5.74) is 1.39. The first kappa shape index (κ1) is 16.8. The fraction of sp³-hybridized carbons (Fsp3) is 0.150. The maximum atomic E-state index is 13.1. The lowest BCUT2D eigenvalue weighted by atomic mass is 10.2. The van der Waals surface area contributed by atoms with Crippen molar-refractivity contribution >= 4 is 11.6 Å². The number of amides is 1. The van der Waals surface area contributed by atoms with Crippen molar-refractivity contribution in [2.75, 3.05) is 12.4 Å². The molecule has 128 valence electrons. The molecule has 2 aromatic carbocycles. The van der Waals surface area contributed by atoms with Crippen molar-refractivity contribution in [2.24, 2.45) is 0 Å². The third-order valence-corrected chi connectivity index (χ3v) is 3.74. The summed E-state index contributed by atoms with van der Waals surface area (Å²) in [7, 11) is 1.62. The van der Waals surface area contributed by atoms with Crippen LogP contribution in [0.2, 0.25) is 0 Å². The monoisotopic (exact) mass is 339 g/mol. The molecule has 0 saturated heterocycles. The van der Waals surface area contributed by atoms with Crippen molar-refractivity contribution in [3.8, 4) is 17.1 Å². The van der Waals surface area contributed by atoms with Crippen molar-refractivity contribution in [3.05, 3.63) is 72.2 Å². The Morgan fingerprint density at radius 1 is 1.12 bits per heavy atom. The van der Waals surface area contributed by atoms with Crippen LogP contribution < -0.4 is 10.1 Å². The maximum Gasteiger partial charge on any atom is 0.224 e. The van der Waals surface area contributed by atoms with Gasteiger partial charge >= 0.3 is 0 Å². The fourth-order valence-electron chi connectivity index (χ4n) is 2.45. The Bertz CT molecular complexity index is 855. The molecule has 25 heavy (non-hydrogen) atoms. The van der Waals surface area contributed by atoms with Gasteiger partial charge in [-0.15, -0.1) is 0 Å². The van der Waals surface area contributed by atoms with Crippen LogP contribution in [-0.4, -0.2) is 13.0 Å². The number of furan rings is 1. The molecular formula is C20H18FNO3. The topological polar surface area (TPSA) is 51.5 Å².